The molecule has 0 radical (unpaired) electrons. The van der Waals surface area contributed by atoms with Crippen LogP contribution in [0.5, 0.6) is 5.75 Å². The molecule has 2 heterocycles. The van der Waals surface area contributed by atoms with Crippen LogP contribution < -0.4 is 15.2 Å². The van der Waals surface area contributed by atoms with Gasteiger partial charge in [-0.25, -0.2) is 4.79 Å². The average Bonchev–Trinajstić information content (AvgIpc) is 2.75. The maximum atomic E-state index is 12.7. The number of rotatable bonds is 10. The molecule has 0 aliphatic carbocycles. The van der Waals surface area contributed by atoms with Gasteiger partial charge < -0.3 is 24.0 Å². The van der Waals surface area contributed by atoms with Crippen molar-refractivity contribution in [2.45, 2.75) is 19.4 Å². The molecule has 0 spiro atoms. The number of carbonyl (C=O) groups is 1. The third-order valence-corrected chi connectivity index (χ3v) is 5.22. The van der Waals surface area contributed by atoms with E-state index >= 15 is 0 Å². The molecule has 0 bridgehead atoms. The van der Waals surface area contributed by atoms with Crippen molar-refractivity contribution in [2.24, 2.45) is 0 Å². The molecule has 168 valence electrons. The lowest BCUT2D eigenvalue weighted by atomic mass is 10.0. The highest BCUT2D eigenvalue weighted by atomic mass is 35.5. The molecule has 0 atom stereocenters. The largest absolute Gasteiger partial charge is 0.492 e. The topological polar surface area (TPSA) is 79.2 Å². The summed E-state index contributed by atoms with van der Waals surface area (Å²) >= 11 is 6.44. The van der Waals surface area contributed by atoms with E-state index in [4.69, 9.17) is 30.5 Å². The number of nitrogens with zero attached hydrogens (tertiary/aromatic N) is 2. The van der Waals surface area contributed by atoms with E-state index in [2.05, 4.69) is 0 Å². The van der Waals surface area contributed by atoms with Gasteiger partial charge in [0, 0.05) is 65.1 Å². The number of benzene rings is 1. The van der Waals surface area contributed by atoms with Crippen LogP contribution >= 0.6 is 11.6 Å². The van der Waals surface area contributed by atoms with Gasteiger partial charge in [0.2, 0.25) is 0 Å². The molecule has 8 nitrogen and oxygen atoms in total. The highest BCUT2D eigenvalue weighted by Gasteiger charge is 2.24. The second-order valence-electron chi connectivity index (χ2n) is 7.21. The first-order valence-corrected chi connectivity index (χ1v) is 10.4. The molecule has 0 saturated carbocycles. The van der Waals surface area contributed by atoms with E-state index in [1.807, 2.05) is 18.1 Å². The molecule has 0 N–H and O–H groups in total. The third-order valence-electron chi connectivity index (χ3n) is 4.93. The second-order valence-corrected chi connectivity index (χ2v) is 7.62. The molecule has 2 aromatic rings. The Morgan fingerprint density at radius 3 is 2.48 bits per heavy atom. The lowest BCUT2D eigenvalue weighted by molar-refractivity contribution is 0.0466. The van der Waals surface area contributed by atoms with Crippen LogP contribution in [0.25, 0.3) is 11.3 Å². The van der Waals surface area contributed by atoms with E-state index in [1.165, 1.54) is 12.3 Å². The zero-order chi connectivity index (χ0) is 22.4. The smallest absolute Gasteiger partial charge is 0.343 e. The van der Waals surface area contributed by atoms with Gasteiger partial charge >= 0.3 is 5.97 Å². The summed E-state index contributed by atoms with van der Waals surface area (Å²) in [7, 11) is 5.10. The molecule has 31 heavy (non-hydrogen) atoms. The summed E-state index contributed by atoms with van der Waals surface area (Å²) in [5.74, 6) is -0.0505. The van der Waals surface area contributed by atoms with Crippen LogP contribution in [0.15, 0.2) is 29.2 Å². The van der Waals surface area contributed by atoms with E-state index in [-0.39, 0.29) is 12.2 Å². The van der Waals surface area contributed by atoms with Crippen molar-refractivity contribution < 1.29 is 23.7 Å². The van der Waals surface area contributed by atoms with Gasteiger partial charge in [0.05, 0.1) is 30.5 Å². The van der Waals surface area contributed by atoms with Crippen LogP contribution in [0.3, 0.4) is 0 Å². The van der Waals surface area contributed by atoms with Crippen molar-refractivity contribution in [2.75, 3.05) is 52.7 Å². The summed E-state index contributed by atoms with van der Waals surface area (Å²) in [6, 6.07) is 5.13. The molecule has 0 saturated heterocycles. The van der Waals surface area contributed by atoms with Gasteiger partial charge in [-0.1, -0.05) is 11.6 Å². The van der Waals surface area contributed by atoms with Crippen LogP contribution in [0.4, 0.5) is 0 Å². The molecule has 3 rings (SSSR count). The molecule has 0 unspecified atom stereocenters. The molecule has 9 heteroatoms. The van der Waals surface area contributed by atoms with Gasteiger partial charge in [-0.15, -0.1) is 0 Å². The number of fused-ring (bicyclic) bond motifs is 3. The van der Waals surface area contributed by atoms with E-state index in [0.717, 1.165) is 17.5 Å². The fourth-order valence-electron chi connectivity index (χ4n) is 3.39. The normalized spacial score (nSPS) is 12.3. The van der Waals surface area contributed by atoms with Crippen LogP contribution in [-0.2, 0) is 20.8 Å². The number of methoxy groups -OCH3 is 2. The lowest BCUT2D eigenvalue weighted by Gasteiger charge is -2.32. The highest BCUT2D eigenvalue weighted by molar-refractivity contribution is 6.32. The van der Waals surface area contributed by atoms with Gasteiger partial charge in [-0.2, -0.15) is 0 Å². The first kappa shape index (κ1) is 23.1. The number of esters is 1. The standard InChI is InChI=1S/C22H27ClN2O6/c1-24-13-15-10-21(30-8-4-6-28-2)18(23)11-16(15)19-12-20(26)17(14-25(19)24)22(27)31-9-5-7-29-3/h10-12,14H,4-9,13H2,1-3H3. The third kappa shape index (κ3) is 5.39. The van der Waals surface area contributed by atoms with E-state index < -0.39 is 11.4 Å². The van der Waals surface area contributed by atoms with Gasteiger partial charge in [0.1, 0.15) is 11.3 Å². The maximum Gasteiger partial charge on any atom is 0.343 e. The number of aromatic nitrogens is 1. The van der Waals surface area contributed by atoms with Crippen LogP contribution in [0, 0.1) is 0 Å². The van der Waals surface area contributed by atoms with Gasteiger partial charge in [-0.05, 0) is 17.7 Å². The fraction of sp³-hybridized carbons (Fsp3) is 0.455. The fourth-order valence-corrected chi connectivity index (χ4v) is 3.61. The van der Waals surface area contributed by atoms with Crippen molar-refractivity contribution in [3.8, 4) is 17.0 Å². The predicted molar refractivity (Wildman–Crippen MR) is 118 cm³/mol. The number of carbonyl (C=O) groups excluding carboxylic acids is 1. The van der Waals surface area contributed by atoms with Crippen LogP contribution in [-0.4, -0.2) is 58.3 Å². The van der Waals surface area contributed by atoms with Crippen molar-refractivity contribution in [3.05, 3.63) is 50.8 Å². The molecule has 1 aliphatic heterocycles. The number of ether oxygens (including phenoxy) is 4. The zero-order valence-corrected chi connectivity index (χ0v) is 18.7. The lowest BCUT2D eigenvalue weighted by Crippen LogP contribution is -2.36. The van der Waals surface area contributed by atoms with E-state index in [0.29, 0.717) is 49.3 Å². The van der Waals surface area contributed by atoms with Crippen LogP contribution in [0.2, 0.25) is 5.02 Å². The van der Waals surface area contributed by atoms with Crippen molar-refractivity contribution in [3.63, 3.8) is 0 Å². The second kappa shape index (κ2) is 10.7. The first-order chi connectivity index (χ1) is 15.0. The van der Waals surface area contributed by atoms with E-state index in [9.17, 15) is 9.59 Å². The number of hydrogen-bond acceptors (Lipinski definition) is 7. The summed E-state index contributed by atoms with van der Waals surface area (Å²) in [6.45, 7) is 2.33. The van der Waals surface area contributed by atoms with Gasteiger partial charge in [0.25, 0.3) is 0 Å². The quantitative estimate of drug-likeness (QED) is 0.406. The number of pyridine rings is 1. The van der Waals surface area contributed by atoms with Gasteiger partial charge in [-0.3, -0.25) is 9.47 Å². The highest BCUT2D eigenvalue weighted by Crippen LogP contribution is 2.36. The molecular weight excluding hydrogens is 424 g/mol. The number of halogens is 1. The Bertz CT molecular complexity index is 991. The minimum Gasteiger partial charge on any atom is -0.492 e. The summed E-state index contributed by atoms with van der Waals surface area (Å²) in [6.07, 6.45) is 2.84. The minimum atomic E-state index is -0.645. The average molecular weight is 451 g/mol. The molecule has 0 amide bonds. The number of hydrogen-bond donors (Lipinski definition) is 0. The maximum absolute atomic E-state index is 12.7. The molecule has 1 aromatic carbocycles. The monoisotopic (exact) mass is 450 g/mol. The van der Waals surface area contributed by atoms with Gasteiger partial charge in [0.15, 0.2) is 5.43 Å². The van der Waals surface area contributed by atoms with E-state index in [1.54, 1.807) is 25.0 Å². The Hall–Kier alpha value is -2.55. The molecule has 1 aliphatic rings. The SMILES string of the molecule is COCCCOC(=O)c1cn2c(cc1=O)-c1cc(Cl)c(OCCCOC)cc1CN2C. The first-order valence-electron chi connectivity index (χ1n) is 10.0. The minimum absolute atomic E-state index is 0.0133. The Morgan fingerprint density at radius 2 is 1.77 bits per heavy atom. The molecule has 0 fully saturated rings. The Labute approximate surface area is 186 Å². The van der Waals surface area contributed by atoms with Crippen LogP contribution in [0.1, 0.15) is 28.8 Å². The zero-order valence-electron chi connectivity index (χ0n) is 18.0. The van der Waals surface area contributed by atoms with Crippen molar-refractivity contribution in [1.29, 1.82) is 0 Å². The van der Waals surface area contributed by atoms with Crippen molar-refractivity contribution in [1.82, 2.24) is 4.68 Å². The molecular formula is C22H27ClN2O6. The summed E-state index contributed by atoms with van der Waals surface area (Å²) in [5.41, 5.74) is 2.03. The Balaban J connectivity index is 1.87. The summed E-state index contributed by atoms with van der Waals surface area (Å²) < 4.78 is 22.7. The van der Waals surface area contributed by atoms with Crippen molar-refractivity contribution >= 4 is 17.6 Å². The summed E-state index contributed by atoms with van der Waals surface area (Å²) in [5, 5.41) is 2.36. The predicted octanol–water partition coefficient (Wildman–Crippen LogP) is 2.86. The Kier molecular flexibility index (Phi) is 7.95. The summed E-state index contributed by atoms with van der Waals surface area (Å²) in [4.78, 5) is 25.0. The Morgan fingerprint density at radius 1 is 1.06 bits per heavy atom. The molecule has 1 aromatic heterocycles.